The average Bonchev–Trinajstić information content (AvgIpc) is 2.98. The number of hydrogen-bond donors (Lipinski definition) is 1. The van der Waals surface area contributed by atoms with Gasteiger partial charge in [0.25, 0.3) is 0 Å². The summed E-state index contributed by atoms with van der Waals surface area (Å²) in [5.41, 5.74) is 3.18. The van der Waals surface area contributed by atoms with Crippen molar-refractivity contribution >= 4 is 51.7 Å². The summed E-state index contributed by atoms with van der Waals surface area (Å²) in [6.45, 7) is 0.613. The summed E-state index contributed by atoms with van der Waals surface area (Å²) in [7, 11) is 1.88. The van der Waals surface area contributed by atoms with Gasteiger partial charge in [-0.3, -0.25) is 4.68 Å². The third-order valence-electron chi connectivity index (χ3n) is 2.67. The van der Waals surface area contributed by atoms with Crippen LogP contribution < -0.4 is 5.32 Å². The lowest BCUT2D eigenvalue weighted by Crippen LogP contribution is -2.00. The zero-order chi connectivity index (χ0) is 13.4. The Morgan fingerprint density at radius 3 is 2.79 bits per heavy atom. The molecule has 0 saturated heterocycles. The number of nitrogens with zero attached hydrogens (tertiary/aromatic N) is 4. The number of benzene rings is 1. The Hall–Kier alpha value is -1.37. The van der Waals surface area contributed by atoms with Crippen LogP contribution in [0.15, 0.2) is 18.5 Å². The molecule has 3 aromatic rings. The second kappa shape index (κ2) is 4.96. The molecule has 1 N–H and O–H groups in total. The number of nitrogens with one attached hydrogen (secondary N) is 1. The Morgan fingerprint density at radius 1 is 1.26 bits per heavy atom. The molecule has 0 fully saturated rings. The van der Waals surface area contributed by atoms with Crippen LogP contribution in [0.5, 0.6) is 0 Å². The molecular formula is C11H9Cl2N5S. The maximum Gasteiger partial charge on any atom is 0.130 e. The van der Waals surface area contributed by atoms with E-state index in [0.29, 0.717) is 27.6 Å². The zero-order valence-electron chi connectivity index (χ0n) is 9.89. The number of fused-ring (bicyclic) bond motifs is 1. The molecule has 1 aromatic carbocycles. The smallest absolute Gasteiger partial charge is 0.130 e. The van der Waals surface area contributed by atoms with Crippen molar-refractivity contribution in [3.63, 3.8) is 0 Å². The van der Waals surface area contributed by atoms with E-state index in [4.69, 9.17) is 23.2 Å². The average molecular weight is 314 g/mol. The standard InChI is InChI=1S/C11H9Cl2N5S/c1-18-5-6(4-15-18)3-14-9-7(12)2-8(13)10-11(9)17-19-16-10/h2,4-5,14H,3H2,1H3. The molecule has 0 amide bonds. The molecule has 0 aliphatic rings. The minimum atomic E-state index is 0.515. The SMILES string of the molecule is Cn1cc(CNc2c(Cl)cc(Cl)c3nsnc23)cn1. The highest BCUT2D eigenvalue weighted by atomic mass is 35.5. The first-order chi connectivity index (χ1) is 9.15. The number of anilines is 1. The predicted octanol–water partition coefficient (Wildman–Crippen LogP) is 3.34. The quantitative estimate of drug-likeness (QED) is 0.805. The van der Waals surface area contributed by atoms with Gasteiger partial charge in [0.1, 0.15) is 11.0 Å². The Balaban J connectivity index is 1.94. The number of aryl methyl sites for hydroxylation is 1. The largest absolute Gasteiger partial charge is 0.378 e. The Kier molecular flexibility index (Phi) is 3.30. The van der Waals surface area contributed by atoms with Gasteiger partial charge >= 0.3 is 0 Å². The van der Waals surface area contributed by atoms with E-state index in [-0.39, 0.29) is 0 Å². The van der Waals surface area contributed by atoms with Gasteiger partial charge < -0.3 is 5.32 Å². The summed E-state index contributed by atoms with van der Waals surface area (Å²) in [5.74, 6) is 0. The molecule has 2 aromatic heterocycles. The minimum absolute atomic E-state index is 0.515. The van der Waals surface area contributed by atoms with Crippen LogP contribution in [0.2, 0.25) is 10.0 Å². The molecule has 0 radical (unpaired) electrons. The van der Waals surface area contributed by atoms with Crippen molar-refractivity contribution in [1.29, 1.82) is 0 Å². The second-order valence-electron chi connectivity index (χ2n) is 4.05. The molecule has 19 heavy (non-hydrogen) atoms. The van der Waals surface area contributed by atoms with Gasteiger partial charge in [-0.15, -0.1) is 0 Å². The highest BCUT2D eigenvalue weighted by Gasteiger charge is 2.13. The van der Waals surface area contributed by atoms with Gasteiger partial charge in [0.05, 0.1) is 33.7 Å². The van der Waals surface area contributed by atoms with Crippen LogP contribution in [0.25, 0.3) is 11.0 Å². The lowest BCUT2D eigenvalue weighted by Gasteiger charge is -2.08. The van der Waals surface area contributed by atoms with Crippen LogP contribution in [0.1, 0.15) is 5.56 Å². The maximum absolute atomic E-state index is 6.21. The minimum Gasteiger partial charge on any atom is -0.378 e. The Labute approximate surface area is 123 Å². The lowest BCUT2D eigenvalue weighted by atomic mass is 10.2. The van der Waals surface area contributed by atoms with Crippen molar-refractivity contribution < 1.29 is 0 Å². The van der Waals surface area contributed by atoms with Crippen LogP contribution in [0.3, 0.4) is 0 Å². The van der Waals surface area contributed by atoms with Crippen molar-refractivity contribution in [1.82, 2.24) is 18.5 Å². The lowest BCUT2D eigenvalue weighted by molar-refractivity contribution is 0.767. The van der Waals surface area contributed by atoms with E-state index in [1.807, 2.05) is 13.2 Å². The van der Waals surface area contributed by atoms with Crippen LogP contribution in [0.4, 0.5) is 5.69 Å². The van der Waals surface area contributed by atoms with Gasteiger partial charge in [-0.2, -0.15) is 13.8 Å². The van der Waals surface area contributed by atoms with Gasteiger partial charge in [-0.1, -0.05) is 23.2 Å². The van der Waals surface area contributed by atoms with Crippen LogP contribution in [-0.4, -0.2) is 18.5 Å². The molecule has 0 atom stereocenters. The topological polar surface area (TPSA) is 55.6 Å². The monoisotopic (exact) mass is 313 g/mol. The Bertz CT molecular complexity index is 736. The third-order valence-corrected chi connectivity index (χ3v) is 3.79. The molecule has 0 bridgehead atoms. The van der Waals surface area contributed by atoms with E-state index in [2.05, 4.69) is 19.2 Å². The first kappa shape index (κ1) is 12.7. The van der Waals surface area contributed by atoms with Crippen molar-refractivity contribution in [2.24, 2.45) is 7.05 Å². The van der Waals surface area contributed by atoms with Crippen molar-refractivity contribution in [2.75, 3.05) is 5.32 Å². The number of halogens is 2. The van der Waals surface area contributed by atoms with Gasteiger partial charge in [-0.05, 0) is 6.07 Å². The normalized spacial score (nSPS) is 11.1. The van der Waals surface area contributed by atoms with E-state index >= 15 is 0 Å². The predicted molar refractivity (Wildman–Crippen MR) is 78.0 cm³/mol. The maximum atomic E-state index is 6.21. The molecule has 3 rings (SSSR count). The van der Waals surface area contributed by atoms with Crippen LogP contribution in [-0.2, 0) is 13.6 Å². The van der Waals surface area contributed by atoms with Crippen molar-refractivity contribution in [3.8, 4) is 0 Å². The fraction of sp³-hybridized carbons (Fsp3) is 0.182. The van der Waals surface area contributed by atoms with Gasteiger partial charge in [0, 0.05) is 25.4 Å². The molecule has 8 heteroatoms. The fourth-order valence-corrected chi connectivity index (χ4v) is 2.97. The van der Waals surface area contributed by atoms with Gasteiger partial charge in [0.15, 0.2) is 0 Å². The number of rotatable bonds is 3. The van der Waals surface area contributed by atoms with E-state index in [1.54, 1.807) is 16.9 Å². The molecule has 5 nitrogen and oxygen atoms in total. The molecule has 2 heterocycles. The Morgan fingerprint density at radius 2 is 2.05 bits per heavy atom. The first-order valence-electron chi connectivity index (χ1n) is 5.47. The number of aromatic nitrogens is 4. The summed E-state index contributed by atoms with van der Waals surface area (Å²) in [5, 5.41) is 8.42. The first-order valence-corrected chi connectivity index (χ1v) is 6.95. The molecule has 98 valence electrons. The summed E-state index contributed by atoms with van der Waals surface area (Å²) < 4.78 is 10.1. The molecule has 0 spiro atoms. The van der Waals surface area contributed by atoms with Gasteiger partial charge in [-0.25, -0.2) is 0 Å². The summed E-state index contributed by atoms with van der Waals surface area (Å²) >= 11 is 13.4. The van der Waals surface area contributed by atoms with Crippen molar-refractivity contribution in [3.05, 3.63) is 34.1 Å². The van der Waals surface area contributed by atoms with Crippen LogP contribution in [0, 0.1) is 0 Å². The zero-order valence-corrected chi connectivity index (χ0v) is 12.2. The van der Waals surface area contributed by atoms with E-state index in [1.165, 1.54) is 0 Å². The van der Waals surface area contributed by atoms with Crippen LogP contribution >= 0.6 is 34.9 Å². The number of hydrogen-bond acceptors (Lipinski definition) is 5. The molecule has 0 aliphatic heterocycles. The fourth-order valence-electron chi connectivity index (χ4n) is 1.80. The van der Waals surface area contributed by atoms with Crippen molar-refractivity contribution in [2.45, 2.75) is 6.54 Å². The summed E-state index contributed by atoms with van der Waals surface area (Å²) in [6, 6.07) is 1.68. The van der Waals surface area contributed by atoms with Gasteiger partial charge in [0.2, 0.25) is 0 Å². The second-order valence-corrected chi connectivity index (χ2v) is 5.40. The molecule has 0 aliphatic carbocycles. The molecule has 0 saturated carbocycles. The summed E-state index contributed by atoms with van der Waals surface area (Å²) in [6.07, 6.45) is 3.74. The van der Waals surface area contributed by atoms with E-state index in [9.17, 15) is 0 Å². The highest BCUT2D eigenvalue weighted by molar-refractivity contribution is 7.00. The molecular weight excluding hydrogens is 305 g/mol. The highest BCUT2D eigenvalue weighted by Crippen LogP contribution is 2.35. The van der Waals surface area contributed by atoms with E-state index < -0.39 is 0 Å². The van der Waals surface area contributed by atoms with E-state index in [0.717, 1.165) is 23.0 Å². The third kappa shape index (κ3) is 2.39. The molecule has 0 unspecified atom stereocenters. The summed E-state index contributed by atoms with van der Waals surface area (Å²) in [4.78, 5) is 0.